The predicted octanol–water partition coefficient (Wildman–Crippen LogP) is 3.48. The number of primary amides is 1. The number of nitrogens with two attached hydrogens (primary N) is 1. The van der Waals surface area contributed by atoms with Crippen LogP contribution < -0.4 is 16.6 Å². The van der Waals surface area contributed by atoms with Crippen molar-refractivity contribution in [3.8, 4) is 0 Å². The van der Waals surface area contributed by atoms with E-state index in [0.717, 1.165) is 24.1 Å². The lowest BCUT2D eigenvalue weighted by Gasteiger charge is -2.13. The van der Waals surface area contributed by atoms with Crippen molar-refractivity contribution >= 4 is 40.2 Å². The van der Waals surface area contributed by atoms with Crippen LogP contribution in [0.5, 0.6) is 0 Å². The second-order valence-electron chi connectivity index (χ2n) is 7.30. The molecule has 0 spiro atoms. The Balaban J connectivity index is 1.74. The minimum atomic E-state index is -0.319. The lowest BCUT2D eigenvalue weighted by molar-refractivity contribution is -0.118. The Labute approximate surface area is 185 Å². The van der Waals surface area contributed by atoms with Gasteiger partial charge in [0.05, 0.1) is 16.7 Å². The quantitative estimate of drug-likeness (QED) is 0.286. The van der Waals surface area contributed by atoms with Gasteiger partial charge in [-0.1, -0.05) is 48.5 Å². The number of aromatic nitrogens is 2. The zero-order valence-corrected chi connectivity index (χ0v) is 18.3. The van der Waals surface area contributed by atoms with Crippen molar-refractivity contribution in [3.63, 3.8) is 0 Å². The van der Waals surface area contributed by atoms with Gasteiger partial charge in [-0.2, -0.15) is 0 Å². The van der Waals surface area contributed by atoms with Crippen molar-refractivity contribution in [1.82, 2.24) is 9.55 Å². The molecule has 31 heavy (non-hydrogen) atoms. The van der Waals surface area contributed by atoms with Crippen LogP contribution in [0, 0.1) is 6.92 Å². The normalized spacial score (nSPS) is 10.9. The first-order valence-electron chi connectivity index (χ1n) is 10.2. The summed E-state index contributed by atoms with van der Waals surface area (Å²) in [5.74, 6) is -0.337. The SMILES string of the molecule is Cc1ccccc1NC(=O)CSc1nc2ccccc2c(=O)n1CCCCCC(N)=O. The van der Waals surface area contributed by atoms with E-state index in [1.807, 2.05) is 43.3 Å². The Kier molecular flexibility index (Phi) is 7.83. The van der Waals surface area contributed by atoms with Gasteiger partial charge in [0.1, 0.15) is 0 Å². The van der Waals surface area contributed by atoms with E-state index in [1.165, 1.54) is 11.8 Å². The van der Waals surface area contributed by atoms with Gasteiger partial charge in [-0.25, -0.2) is 4.98 Å². The average Bonchev–Trinajstić information content (AvgIpc) is 2.75. The molecule has 1 heterocycles. The summed E-state index contributed by atoms with van der Waals surface area (Å²) in [4.78, 5) is 41.0. The number of hydrogen-bond donors (Lipinski definition) is 2. The number of unbranched alkanes of at least 4 members (excludes halogenated alkanes) is 2. The molecule has 0 aliphatic carbocycles. The summed E-state index contributed by atoms with van der Waals surface area (Å²) in [6.45, 7) is 2.40. The fraction of sp³-hybridized carbons (Fsp3) is 0.304. The van der Waals surface area contributed by atoms with Crippen LogP contribution in [0.4, 0.5) is 5.69 Å². The van der Waals surface area contributed by atoms with Gasteiger partial charge in [0.2, 0.25) is 11.8 Å². The van der Waals surface area contributed by atoms with Crippen molar-refractivity contribution in [1.29, 1.82) is 0 Å². The summed E-state index contributed by atoms with van der Waals surface area (Å²) in [6.07, 6.45) is 2.52. The Morgan fingerprint density at radius 3 is 2.58 bits per heavy atom. The van der Waals surface area contributed by atoms with Crippen LogP contribution in [-0.4, -0.2) is 27.1 Å². The Morgan fingerprint density at radius 1 is 1.06 bits per heavy atom. The highest BCUT2D eigenvalue weighted by molar-refractivity contribution is 7.99. The third-order valence-corrected chi connectivity index (χ3v) is 5.86. The second kappa shape index (κ2) is 10.8. The Bertz CT molecular complexity index is 1140. The zero-order chi connectivity index (χ0) is 22.2. The molecule has 0 aliphatic rings. The lowest BCUT2D eigenvalue weighted by Crippen LogP contribution is -2.24. The fourth-order valence-electron chi connectivity index (χ4n) is 3.23. The van der Waals surface area contributed by atoms with Crippen molar-refractivity contribution in [2.24, 2.45) is 5.73 Å². The summed E-state index contributed by atoms with van der Waals surface area (Å²) in [7, 11) is 0. The van der Waals surface area contributed by atoms with E-state index in [2.05, 4.69) is 10.3 Å². The molecule has 8 heteroatoms. The highest BCUT2D eigenvalue weighted by Crippen LogP contribution is 2.20. The van der Waals surface area contributed by atoms with E-state index in [-0.39, 0.29) is 23.1 Å². The number of anilines is 1. The van der Waals surface area contributed by atoms with Crippen molar-refractivity contribution < 1.29 is 9.59 Å². The first-order valence-corrected chi connectivity index (χ1v) is 11.2. The standard InChI is InChI=1S/C23H26N4O3S/c1-16-9-4-6-11-18(16)25-21(29)15-31-23-26-19-12-7-5-10-17(19)22(30)27(23)14-8-2-3-13-20(24)28/h4-7,9-12H,2-3,8,13-15H2,1H3,(H2,24,28)(H,25,29). The molecule has 162 valence electrons. The topological polar surface area (TPSA) is 107 Å². The molecule has 0 unspecified atom stereocenters. The first kappa shape index (κ1) is 22.6. The molecule has 3 aromatic rings. The summed E-state index contributed by atoms with van der Waals surface area (Å²) in [6, 6.07) is 14.8. The summed E-state index contributed by atoms with van der Waals surface area (Å²) in [5, 5.41) is 3.97. The van der Waals surface area contributed by atoms with Gasteiger partial charge in [-0.3, -0.25) is 19.0 Å². The molecular weight excluding hydrogens is 412 g/mol. The largest absolute Gasteiger partial charge is 0.370 e. The van der Waals surface area contributed by atoms with Crippen LogP contribution in [-0.2, 0) is 16.1 Å². The molecule has 7 nitrogen and oxygen atoms in total. The summed E-state index contributed by atoms with van der Waals surface area (Å²) in [5.41, 5.74) is 7.42. The van der Waals surface area contributed by atoms with E-state index < -0.39 is 0 Å². The number of para-hydroxylation sites is 2. The number of amides is 2. The number of carbonyl (C=O) groups excluding carboxylic acids is 2. The molecule has 3 N–H and O–H groups in total. The van der Waals surface area contributed by atoms with Gasteiger partial charge in [-0.15, -0.1) is 0 Å². The maximum absolute atomic E-state index is 13.0. The molecule has 0 radical (unpaired) electrons. The predicted molar refractivity (Wildman–Crippen MR) is 124 cm³/mol. The van der Waals surface area contributed by atoms with Crippen LogP contribution in [0.15, 0.2) is 58.5 Å². The molecular formula is C23H26N4O3S. The zero-order valence-electron chi connectivity index (χ0n) is 17.5. The molecule has 0 fully saturated rings. The summed E-state index contributed by atoms with van der Waals surface area (Å²) < 4.78 is 1.62. The summed E-state index contributed by atoms with van der Waals surface area (Å²) >= 11 is 1.24. The molecule has 2 amide bonds. The smallest absolute Gasteiger partial charge is 0.262 e. The number of rotatable bonds is 10. The van der Waals surface area contributed by atoms with Gasteiger partial charge in [0.15, 0.2) is 5.16 Å². The highest BCUT2D eigenvalue weighted by atomic mass is 32.2. The Hall–Kier alpha value is -3.13. The average molecular weight is 439 g/mol. The number of thioether (sulfide) groups is 1. The van der Waals surface area contributed by atoms with Crippen LogP contribution in [0.3, 0.4) is 0 Å². The van der Waals surface area contributed by atoms with Crippen molar-refractivity contribution in [3.05, 3.63) is 64.4 Å². The van der Waals surface area contributed by atoms with Crippen LogP contribution in [0.25, 0.3) is 10.9 Å². The van der Waals surface area contributed by atoms with Gasteiger partial charge < -0.3 is 11.1 Å². The second-order valence-corrected chi connectivity index (χ2v) is 8.24. The van der Waals surface area contributed by atoms with E-state index in [9.17, 15) is 14.4 Å². The molecule has 1 aromatic heterocycles. The van der Waals surface area contributed by atoms with Crippen LogP contribution >= 0.6 is 11.8 Å². The fourth-order valence-corrected chi connectivity index (χ4v) is 4.06. The van der Waals surface area contributed by atoms with Gasteiger partial charge in [0, 0.05) is 18.7 Å². The molecule has 0 atom stereocenters. The minimum absolute atomic E-state index is 0.123. The Morgan fingerprint density at radius 2 is 1.81 bits per heavy atom. The van der Waals surface area contributed by atoms with E-state index >= 15 is 0 Å². The van der Waals surface area contributed by atoms with Gasteiger partial charge >= 0.3 is 0 Å². The first-order chi connectivity index (χ1) is 15.0. The molecule has 0 aliphatic heterocycles. The monoisotopic (exact) mass is 438 g/mol. The molecule has 0 saturated heterocycles. The van der Waals surface area contributed by atoms with Crippen molar-refractivity contribution in [2.45, 2.75) is 44.3 Å². The van der Waals surface area contributed by atoms with E-state index in [0.29, 0.717) is 35.4 Å². The molecule has 2 aromatic carbocycles. The van der Waals surface area contributed by atoms with E-state index in [1.54, 1.807) is 16.7 Å². The maximum Gasteiger partial charge on any atom is 0.262 e. The van der Waals surface area contributed by atoms with Gasteiger partial charge in [0.25, 0.3) is 5.56 Å². The van der Waals surface area contributed by atoms with Crippen molar-refractivity contribution in [2.75, 3.05) is 11.1 Å². The number of carbonyl (C=O) groups is 2. The third-order valence-electron chi connectivity index (χ3n) is 4.88. The number of nitrogens with one attached hydrogen (secondary N) is 1. The number of hydrogen-bond acceptors (Lipinski definition) is 5. The van der Waals surface area contributed by atoms with Crippen LogP contribution in [0.2, 0.25) is 0 Å². The molecule has 0 saturated carbocycles. The maximum atomic E-state index is 13.0. The third kappa shape index (κ3) is 6.18. The number of fused-ring (bicyclic) bond motifs is 1. The minimum Gasteiger partial charge on any atom is -0.370 e. The van der Waals surface area contributed by atoms with E-state index in [4.69, 9.17) is 5.73 Å². The van der Waals surface area contributed by atoms with Gasteiger partial charge in [-0.05, 0) is 43.5 Å². The number of benzene rings is 2. The number of aryl methyl sites for hydroxylation is 1. The molecule has 3 rings (SSSR count). The molecule has 0 bridgehead atoms. The number of nitrogens with zero attached hydrogens (tertiary/aromatic N) is 2. The highest BCUT2D eigenvalue weighted by Gasteiger charge is 2.13. The lowest BCUT2D eigenvalue weighted by atomic mass is 10.2. The van der Waals surface area contributed by atoms with Crippen LogP contribution in [0.1, 0.15) is 31.2 Å².